The largest absolute Gasteiger partial charge is 0.308 e. The number of aryl methyl sites for hydroxylation is 2. The molecule has 114 valence electrons. The summed E-state index contributed by atoms with van der Waals surface area (Å²) in [5.41, 5.74) is 2.62. The molecule has 2 heterocycles. The Hall–Kier alpha value is -0.390. The van der Waals surface area contributed by atoms with Crippen molar-refractivity contribution >= 4 is 15.9 Å². The first-order valence-corrected chi connectivity index (χ1v) is 8.38. The van der Waals surface area contributed by atoms with Gasteiger partial charge in [-0.05, 0) is 42.6 Å². The van der Waals surface area contributed by atoms with Crippen LogP contribution in [-0.2, 0) is 13.6 Å². The molecule has 2 rings (SSSR count). The molecule has 0 aliphatic carbocycles. The van der Waals surface area contributed by atoms with Crippen LogP contribution in [0.15, 0.2) is 4.47 Å². The van der Waals surface area contributed by atoms with Gasteiger partial charge in [0.1, 0.15) is 0 Å². The van der Waals surface area contributed by atoms with Crippen LogP contribution in [0, 0.1) is 6.92 Å². The highest BCUT2D eigenvalue weighted by Crippen LogP contribution is 2.27. The molecule has 1 atom stereocenters. The van der Waals surface area contributed by atoms with Gasteiger partial charge in [0, 0.05) is 38.3 Å². The molecule has 1 unspecified atom stereocenters. The van der Waals surface area contributed by atoms with Crippen LogP contribution in [0.5, 0.6) is 0 Å². The normalized spacial score (nSPS) is 23.2. The molecule has 4 nitrogen and oxygen atoms in total. The molecule has 1 aromatic heterocycles. The number of nitrogens with one attached hydrogen (secondary N) is 1. The Labute approximate surface area is 131 Å². The third-order valence-electron chi connectivity index (χ3n) is 4.87. The van der Waals surface area contributed by atoms with Crippen LogP contribution < -0.4 is 5.32 Å². The zero-order valence-electron chi connectivity index (χ0n) is 13.3. The number of rotatable bonds is 4. The molecule has 0 saturated carbocycles. The lowest BCUT2D eigenvalue weighted by atomic mass is 9.88. The average molecular weight is 343 g/mol. The highest BCUT2D eigenvalue weighted by Gasteiger charge is 2.35. The van der Waals surface area contributed by atoms with E-state index in [4.69, 9.17) is 0 Å². The predicted octanol–water partition coefficient (Wildman–Crippen LogP) is 2.84. The molecule has 1 N–H and O–H groups in total. The summed E-state index contributed by atoms with van der Waals surface area (Å²) in [6.07, 6.45) is 2.36. The van der Waals surface area contributed by atoms with Crippen molar-refractivity contribution in [3.05, 3.63) is 15.9 Å². The third kappa shape index (κ3) is 2.95. The lowest BCUT2D eigenvalue weighted by Gasteiger charge is -2.46. The molecule has 1 aliphatic heterocycles. The summed E-state index contributed by atoms with van der Waals surface area (Å²) in [7, 11) is 2.03. The smallest absolute Gasteiger partial charge is 0.0739 e. The molecule has 20 heavy (non-hydrogen) atoms. The SMILES string of the molecule is CCC1(CC)CN(Cc2c(Br)c(C)nn2C)C(C)CN1. The van der Waals surface area contributed by atoms with Crippen LogP contribution in [0.1, 0.15) is 45.0 Å². The highest BCUT2D eigenvalue weighted by molar-refractivity contribution is 9.10. The van der Waals surface area contributed by atoms with Crippen LogP contribution in [-0.4, -0.2) is 39.4 Å². The molecular formula is C15H27BrN4. The number of hydrogen-bond acceptors (Lipinski definition) is 3. The van der Waals surface area contributed by atoms with Crippen molar-refractivity contribution in [3.8, 4) is 0 Å². The Morgan fingerprint density at radius 1 is 1.40 bits per heavy atom. The monoisotopic (exact) mass is 342 g/mol. The predicted molar refractivity (Wildman–Crippen MR) is 86.8 cm³/mol. The fourth-order valence-electron chi connectivity index (χ4n) is 3.07. The summed E-state index contributed by atoms with van der Waals surface area (Å²) >= 11 is 3.68. The summed E-state index contributed by atoms with van der Waals surface area (Å²) in [6.45, 7) is 12.1. The lowest BCUT2D eigenvalue weighted by molar-refractivity contribution is 0.0724. The van der Waals surface area contributed by atoms with E-state index in [0.29, 0.717) is 6.04 Å². The van der Waals surface area contributed by atoms with Crippen LogP contribution in [0.4, 0.5) is 0 Å². The van der Waals surface area contributed by atoms with E-state index in [1.807, 2.05) is 11.7 Å². The van der Waals surface area contributed by atoms with E-state index in [2.05, 4.69) is 58.9 Å². The van der Waals surface area contributed by atoms with Gasteiger partial charge in [-0.15, -0.1) is 0 Å². The number of halogens is 1. The van der Waals surface area contributed by atoms with Crippen LogP contribution in [0.25, 0.3) is 0 Å². The minimum atomic E-state index is 0.270. The summed E-state index contributed by atoms with van der Waals surface area (Å²) in [5.74, 6) is 0. The topological polar surface area (TPSA) is 33.1 Å². The minimum absolute atomic E-state index is 0.270. The maximum atomic E-state index is 4.51. The van der Waals surface area contributed by atoms with Gasteiger partial charge in [-0.1, -0.05) is 13.8 Å². The highest BCUT2D eigenvalue weighted by atomic mass is 79.9. The van der Waals surface area contributed by atoms with Gasteiger partial charge in [0.05, 0.1) is 15.9 Å². The molecule has 5 heteroatoms. The van der Waals surface area contributed by atoms with Crippen LogP contribution in [0.3, 0.4) is 0 Å². The van der Waals surface area contributed by atoms with E-state index < -0.39 is 0 Å². The van der Waals surface area contributed by atoms with Gasteiger partial charge in [-0.25, -0.2) is 0 Å². The van der Waals surface area contributed by atoms with Crippen LogP contribution in [0.2, 0.25) is 0 Å². The van der Waals surface area contributed by atoms with Gasteiger partial charge in [-0.2, -0.15) is 5.10 Å². The standard InChI is InChI=1S/C15H27BrN4/c1-6-15(7-2)10-20(11(3)8-17-15)9-13-14(16)12(4)18-19(13)5/h11,17H,6-10H2,1-5H3. The zero-order chi connectivity index (χ0) is 14.9. The van der Waals surface area contributed by atoms with Crippen molar-refractivity contribution in [1.82, 2.24) is 20.0 Å². The number of aromatic nitrogens is 2. The molecule has 1 aromatic rings. The summed E-state index contributed by atoms with van der Waals surface area (Å²) in [4.78, 5) is 2.59. The molecule has 0 bridgehead atoms. The van der Waals surface area contributed by atoms with Gasteiger partial charge in [-0.3, -0.25) is 9.58 Å². The van der Waals surface area contributed by atoms with E-state index >= 15 is 0 Å². The van der Waals surface area contributed by atoms with E-state index in [-0.39, 0.29) is 5.54 Å². The maximum Gasteiger partial charge on any atom is 0.0739 e. The first kappa shape index (κ1) is 16.0. The fourth-order valence-corrected chi connectivity index (χ4v) is 3.53. The first-order valence-electron chi connectivity index (χ1n) is 7.59. The average Bonchev–Trinajstić information content (AvgIpc) is 2.68. The maximum absolute atomic E-state index is 4.51. The Morgan fingerprint density at radius 3 is 2.55 bits per heavy atom. The summed E-state index contributed by atoms with van der Waals surface area (Å²) < 4.78 is 3.16. The van der Waals surface area contributed by atoms with Crippen molar-refractivity contribution in [1.29, 1.82) is 0 Å². The summed E-state index contributed by atoms with van der Waals surface area (Å²) in [5, 5.41) is 8.26. The van der Waals surface area contributed by atoms with E-state index in [1.54, 1.807) is 0 Å². The van der Waals surface area contributed by atoms with E-state index in [9.17, 15) is 0 Å². The minimum Gasteiger partial charge on any atom is -0.308 e. The Kier molecular flexibility index (Phi) is 4.92. The molecule has 1 fully saturated rings. The van der Waals surface area contributed by atoms with E-state index in [0.717, 1.165) is 29.8 Å². The quantitative estimate of drug-likeness (QED) is 0.913. The molecule has 0 aromatic carbocycles. The van der Waals surface area contributed by atoms with Gasteiger partial charge >= 0.3 is 0 Å². The fraction of sp³-hybridized carbons (Fsp3) is 0.800. The Balaban J connectivity index is 2.18. The van der Waals surface area contributed by atoms with Crippen molar-refractivity contribution in [2.75, 3.05) is 13.1 Å². The van der Waals surface area contributed by atoms with Gasteiger partial charge in [0.2, 0.25) is 0 Å². The van der Waals surface area contributed by atoms with Crippen molar-refractivity contribution in [2.45, 2.75) is 58.7 Å². The number of piperazine rings is 1. The Morgan fingerprint density at radius 2 is 2.05 bits per heavy atom. The second-order valence-corrected chi connectivity index (χ2v) is 6.89. The van der Waals surface area contributed by atoms with Crippen molar-refractivity contribution < 1.29 is 0 Å². The van der Waals surface area contributed by atoms with Crippen molar-refractivity contribution in [2.24, 2.45) is 7.05 Å². The second-order valence-electron chi connectivity index (χ2n) is 6.09. The first-order chi connectivity index (χ1) is 9.42. The van der Waals surface area contributed by atoms with Gasteiger partial charge < -0.3 is 5.32 Å². The number of hydrogen-bond donors (Lipinski definition) is 1. The molecule has 1 aliphatic rings. The summed E-state index contributed by atoms with van der Waals surface area (Å²) in [6, 6.07) is 0.559. The third-order valence-corrected chi connectivity index (χ3v) is 5.90. The van der Waals surface area contributed by atoms with Gasteiger partial charge in [0.25, 0.3) is 0 Å². The number of nitrogens with zero attached hydrogens (tertiary/aromatic N) is 3. The molecular weight excluding hydrogens is 316 g/mol. The molecule has 0 radical (unpaired) electrons. The lowest BCUT2D eigenvalue weighted by Crippen LogP contribution is -2.62. The van der Waals surface area contributed by atoms with Gasteiger partial charge in [0.15, 0.2) is 0 Å². The second kappa shape index (κ2) is 6.16. The zero-order valence-corrected chi connectivity index (χ0v) is 14.9. The molecule has 0 amide bonds. The molecule has 1 saturated heterocycles. The molecule has 0 spiro atoms. The van der Waals surface area contributed by atoms with Crippen molar-refractivity contribution in [3.63, 3.8) is 0 Å². The Bertz CT molecular complexity index is 465. The van der Waals surface area contributed by atoms with E-state index in [1.165, 1.54) is 18.5 Å². The van der Waals surface area contributed by atoms with Crippen LogP contribution >= 0.6 is 15.9 Å².